The molecule has 1 heterocycles. The Bertz CT molecular complexity index is 490. The Labute approximate surface area is 98.1 Å². The quantitative estimate of drug-likeness (QED) is 0.802. The molecule has 0 fully saturated rings. The number of carboxylic acids is 1. The second-order valence-electron chi connectivity index (χ2n) is 3.74. The Morgan fingerprint density at radius 2 is 2.00 bits per heavy atom. The maximum Gasteiger partial charge on any atom is 0.352 e. The predicted octanol–water partition coefficient (Wildman–Crippen LogP) is 0.0248. The summed E-state index contributed by atoms with van der Waals surface area (Å²) in [6.07, 6.45) is 0.0944. The molecular formula is C11H14N2O4. The molecule has 6 heteroatoms. The van der Waals surface area contributed by atoms with Crippen molar-refractivity contribution < 1.29 is 14.7 Å². The zero-order chi connectivity index (χ0) is 13.0. The van der Waals surface area contributed by atoms with Gasteiger partial charge in [0.1, 0.15) is 5.69 Å². The summed E-state index contributed by atoms with van der Waals surface area (Å²) in [6, 6.07) is 3.99. The van der Waals surface area contributed by atoms with Crippen LogP contribution in [0.5, 0.6) is 0 Å². The average Bonchev–Trinajstić information content (AvgIpc) is 2.26. The van der Waals surface area contributed by atoms with Crippen LogP contribution in [0.25, 0.3) is 0 Å². The number of amides is 1. The van der Waals surface area contributed by atoms with Gasteiger partial charge in [-0.05, 0) is 6.07 Å². The first kappa shape index (κ1) is 13.0. The monoisotopic (exact) mass is 238 g/mol. The number of hydrogen-bond acceptors (Lipinski definition) is 3. The van der Waals surface area contributed by atoms with E-state index in [9.17, 15) is 14.4 Å². The van der Waals surface area contributed by atoms with Crippen LogP contribution in [0.15, 0.2) is 23.0 Å². The molecule has 0 aliphatic rings. The second kappa shape index (κ2) is 5.29. The SMILES string of the molecule is CN(C)C(=O)CCn1c(C(=O)O)cccc1=O. The first-order chi connectivity index (χ1) is 7.93. The average molecular weight is 238 g/mol. The number of carbonyl (C=O) groups excluding carboxylic acids is 1. The van der Waals surface area contributed by atoms with Crippen LogP contribution in [0.1, 0.15) is 16.9 Å². The summed E-state index contributed by atoms with van der Waals surface area (Å²) >= 11 is 0. The van der Waals surface area contributed by atoms with Crippen molar-refractivity contribution in [2.45, 2.75) is 13.0 Å². The summed E-state index contributed by atoms with van der Waals surface area (Å²) in [5, 5.41) is 8.91. The minimum Gasteiger partial charge on any atom is -0.477 e. The van der Waals surface area contributed by atoms with Crippen LogP contribution < -0.4 is 5.56 Å². The standard InChI is InChI=1S/C11H14N2O4/c1-12(2)9(14)6-7-13-8(11(16)17)4-3-5-10(13)15/h3-5H,6-7H2,1-2H3,(H,16,17). The molecule has 17 heavy (non-hydrogen) atoms. The van der Waals surface area contributed by atoms with Gasteiger partial charge in [-0.1, -0.05) is 6.07 Å². The number of nitrogens with zero attached hydrogens (tertiary/aromatic N) is 2. The molecule has 0 unspecified atom stereocenters. The Balaban J connectivity index is 2.94. The fraction of sp³-hybridized carbons (Fsp3) is 0.364. The predicted molar refractivity (Wildman–Crippen MR) is 61.0 cm³/mol. The van der Waals surface area contributed by atoms with Crippen molar-refractivity contribution in [3.8, 4) is 0 Å². The molecule has 1 aromatic heterocycles. The lowest BCUT2D eigenvalue weighted by Gasteiger charge is -2.12. The van der Waals surface area contributed by atoms with E-state index >= 15 is 0 Å². The van der Waals surface area contributed by atoms with Gasteiger partial charge in [0.2, 0.25) is 5.91 Å². The maximum absolute atomic E-state index is 11.5. The molecule has 1 N–H and O–H groups in total. The van der Waals surface area contributed by atoms with Crippen LogP contribution in [0, 0.1) is 0 Å². The largest absolute Gasteiger partial charge is 0.477 e. The van der Waals surface area contributed by atoms with E-state index in [1.54, 1.807) is 14.1 Å². The highest BCUT2D eigenvalue weighted by molar-refractivity contribution is 5.85. The van der Waals surface area contributed by atoms with Crippen LogP contribution in [-0.4, -0.2) is 40.5 Å². The minimum absolute atomic E-state index is 0.0678. The molecule has 92 valence electrons. The Hall–Kier alpha value is -2.11. The molecule has 1 rings (SSSR count). The Morgan fingerprint density at radius 1 is 1.35 bits per heavy atom. The van der Waals surface area contributed by atoms with Crippen molar-refractivity contribution >= 4 is 11.9 Å². The molecule has 1 amide bonds. The summed E-state index contributed by atoms with van der Waals surface area (Å²) in [6.45, 7) is 0.0678. The fourth-order valence-corrected chi connectivity index (χ4v) is 1.37. The molecule has 0 spiro atoms. The zero-order valence-electron chi connectivity index (χ0n) is 9.71. The number of hydrogen-bond donors (Lipinski definition) is 1. The number of rotatable bonds is 4. The molecule has 1 aromatic rings. The van der Waals surface area contributed by atoms with Crippen molar-refractivity contribution in [2.75, 3.05) is 14.1 Å². The topological polar surface area (TPSA) is 79.6 Å². The Kier molecular flexibility index (Phi) is 4.03. The zero-order valence-corrected chi connectivity index (χ0v) is 9.71. The molecule has 6 nitrogen and oxygen atoms in total. The number of carbonyl (C=O) groups is 2. The third kappa shape index (κ3) is 3.17. The van der Waals surface area contributed by atoms with Crippen molar-refractivity contribution in [2.24, 2.45) is 0 Å². The molecule has 0 atom stereocenters. The van der Waals surface area contributed by atoms with E-state index in [-0.39, 0.29) is 24.6 Å². The van der Waals surface area contributed by atoms with Crippen LogP contribution in [0.3, 0.4) is 0 Å². The third-order valence-electron chi connectivity index (χ3n) is 2.32. The molecule has 0 aliphatic heterocycles. The summed E-state index contributed by atoms with van der Waals surface area (Å²) in [5.41, 5.74) is -0.527. The minimum atomic E-state index is -1.18. The van der Waals surface area contributed by atoms with Gasteiger partial charge in [0, 0.05) is 33.1 Å². The van der Waals surface area contributed by atoms with E-state index in [4.69, 9.17) is 5.11 Å². The summed E-state index contributed by atoms with van der Waals surface area (Å²) in [5.74, 6) is -1.34. The Morgan fingerprint density at radius 3 is 2.53 bits per heavy atom. The lowest BCUT2D eigenvalue weighted by molar-refractivity contribution is -0.128. The van der Waals surface area contributed by atoms with Crippen LogP contribution in [0.4, 0.5) is 0 Å². The van der Waals surface area contributed by atoms with E-state index < -0.39 is 11.5 Å². The summed E-state index contributed by atoms with van der Waals surface area (Å²) in [7, 11) is 3.21. The summed E-state index contributed by atoms with van der Waals surface area (Å²) < 4.78 is 1.09. The molecule has 0 aliphatic carbocycles. The normalized spacial score (nSPS) is 10.0. The molecular weight excluding hydrogens is 224 g/mol. The van der Waals surface area contributed by atoms with E-state index in [0.29, 0.717) is 0 Å². The van der Waals surface area contributed by atoms with Gasteiger partial charge in [-0.25, -0.2) is 4.79 Å². The van der Waals surface area contributed by atoms with Gasteiger partial charge in [-0.2, -0.15) is 0 Å². The van der Waals surface area contributed by atoms with Crippen molar-refractivity contribution in [1.29, 1.82) is 0 Å². The van der Waals surface area contributed by atoms with Gasteiger partial charge in [0.25, 0.3) is 5.56 Å². The fourth-order valence-electron chi connectivity index (χ4n) is 1.37. The van der Waals surface area contributed by atoms with Crippen LogP contribution in [0.2, 0.25) is 0 Å². The second-order valence-corrected chi connectivity index (χ2v) is 3.74. The highest BCUT2D eigenvalue weighted by Crippen LogP contribution is 1.99. The summed E-state index contributed by atoms with van der Waals surface area (Å²) in [4.78, 5) is 35.2. The molecule has 0 saturated carbocycles. The van der Waals surface area contributed by atoms with E-state index in [1.165, 1.54) is 23.1 Å². The van der Waals surface area contributed by atoms with Gasteiger partial charge in [0.15, 0.2) is 0 Å². The number of pyridine rings is 1. The lowest BCUT2D eigenvalue weighted by atomic mass is 10.3. The van der Waals surface area contributed by atoms with Crippen LogP contribution in [-0.2, 0) is 11.3 Å². The number of aromatic nitrogens is 1. The van der Waals surface area contributed by atoms with Crippen LogP contribution >= 0.6 is 0 Å². The molecule has 0 radical (unpaired) electrons. The maximum atomic E-state index is 11.5. The van der Waals surface area contributed by atoms with E-state index in [2.05, 4.69) is 0 Å². The van der Waals surface area contributed by atoms with Crippen molar-refractivity contribution in [1.82, 2.24) is 9.47 Å². The smallest absolute Gasteiger partial charge is 0.352 e. The van der Waals surface area contributed by atoms with Crippen molar-refractivity contribution in [3.63, 3.8) is 0 Å². The van der Waals surface area contributed by atoms with Gasteiger partial charge in [0.05, 0.1) is 0 Å². The van der Waals surface area contributed by atoms with Gasteiger partial charge in [-0.3, -0.25) is 9.59 Å². The molecule has 0 bridgehead atoms. The molecule has 0 saturated heterocycles. The van der Waals surface area contributed by atoms with E-state index in [0.717, 1.165) is 4.57 Å². The third-order valence-corrected chi connectivity index (χ3v) is 2.32. The van der Waals surface area contributed by atoms with Gasteiger partial charge >= 0.3 is 5.97 Å². The van der Waals surface area contributed by atoms with E-state index in [1.807, 2.05) is 0 Å². The number of carboxylic acid groups (broad SMARTS) is 1. The molecule has 0 aromatic carbocycles. The first-order valence-corrected chi connectivity index (χ1v) is 5.07. The van der Waals surface area contributed by atoms with Gasteiger partial charge < -0.3 is 14.6 Å². The lowest BCUT2D eigenvalue weighted by Crippen LogP contribution is -2.29. The highest BCUT2D eigenvalue weighted by atomic mass is 16.4. The first-order valence-electron chi connectivity index (χ1n) is 5.07. The van der Waals surface area contributed by atoms with Crippen molar-refractivity contribution in [3.05, 3.63) is 34.2 Å². The van der Waals surface area contributed by atoms with Gasteiger partial charge in [-0.15, -0.1) is 0 Å². The highest BCUT2D eigenvalue weighted by Gasteiger charge is 2.12. The number of aromatic carboxylic acids is 1.